The van der Waals surface area contributed by atoms with Gasteiger partial charge < -0.3 is 0 Å². The number of tetrazole rings is 1. The van der Waals surface area contributed by atoms with Crippen molar-refractivity contribution >= 4 is 13.5 Å². The maximum absolute atomic E-state index is 3.47. The summed E-state index contributed by atoms with van der Waals surface area (Å²) in [5.41, 5.74) is 0. The molecule has 0 amide bonds. The number of aryl methyl sites for hydroxylation is 1. The summed E-state index contributed by atoms with van der Waals surface area (Å²) in [5, 5.41) is 10.2. The molecule has 1 rings (SSSR count). The predicted octanol–water partition coefficient (Wildman–Crippen LogP) is -0.677. The van der Waals surface area contributed by atoms with Crippen LogP contribution in [-0.2, 0) is 7.05 Å². The average Bonchev–Trinajstić information content (AvgIpc) is 1.86. The molecule has 0 spiro atoms. The molecule has 40 valence electrons. The first kappa shape index (κ1) is 6.42. The summed E-state index contributed by atoms with van der Waals surface area (Å²) in [6.45, 7) is 0. The van der Waals surface area contributed by atoms with Gasteiger partial charge in [-0.1, -0.05) is 0 Å². The molecule has 1 aromatic heterocycles. The fourth-order valence-corrected chi connectivity index (χ4v) is 0.207. The maximum atomic E-state index is 3.47. The van der Waals surface area contributed by atoms with Crippen LogP contribution < -0.4 is 0 Å². The van der Waals surface area contributed by atoms with E-state index in [1.54, 1.807) is 7.05 Å². The van der Waals surface area contributed by atoms with Crippen LogP contribution in [0.1, 0.15) is 0 Å². The van der Waals surface area contributed by atoms with Crippen LogP contribution in [0.5, 0.6) is 0 Å². The number of hydrogen-bond acceptors (Lipinski definition) is 3. The molecule has 0 atom stereocenters. The Hall–Kier alpha value is -0.580. The lowest BCUT2D eigenvalue weighted by Crippen LogP contribution is -1.85. The van der Waals surface area contributed by atoms with Crippen LogP contribution in [-0.4, -0.2) is 20.2 Å². The summed E-state index contributed by atoms with van der Waals surface area (Å²) in [4.78, 5) is 0. The van der Waals surface area contributed by atoms with Gasteiger partial charge in [0.15, 0.2) is 0 Å². The molecule has 0 N–H and O–H groups in total. The van der Waals surface area contributed by atoms with Crippen LogP contribution >= 0.6 is 13.5 Å². The Labute approximate surface area is 48.0 Å². The molecule has 0 aliphatic heterocycles. The van der Waals surface area contributed by atoms with Gasteiger partial charge in [-0.15, -0.1) is 5.10 Å². The molecular weight excluding hydrogens is 112 g/mol. The van der Waals surface area contributed by atoms with Crippen LogP contribution in [0.4, 0.5) is 0 Å². The molecule has 0 saturated heterocycles. The summed E-state index contributed by atoms with van der Waals surface area (Å²) in [7, 11) is 1.76. The zero-order valence-corrected chi connectivity index (χ0v) is 4.87. The van der Waals surface area contributed by atoms with Gasteiger partial charge in [-0.05, 0) is 10.4 Å². The van der Waals surface area contributed by atoms with Gasteiger partial charge in [-0.3, -0.25) is 0 Å². The highest BCUT2D eigenvalue weighted by Crippen LogP contribution is 1.58. The predicted molar refractivity (Wildman–Crippen MR) is 29.2 cm³/mol. The van der Waals surface area contributed by atoms with Gasteiger partial charge >= 0.3 is 0 Å². The Morgan fingerprint density at radius 3 is 2.43 bits per heavy atom. The Balaban J connectivity index is 0.000000360. The first-order valence-electron chi connectivity index (χ1n) is 1.56. The lowest BCUT2D eigenvalue weighted by atomic mass is 11.2. The molecule has 0 radical (unpaired) electrons. The van der Waals surface area contributed by atoms with Crippen molar-refractivity contribution in [3.63, 3.8) is 0 Å². The molecule has 0 aromatic carbocycles. The van der Waals surface area contributed by atoms with E-state index in [0.717, 1.165) is 0 Å². The van der Waals surface area contributed by atoms with Gasteiger partial charge in [-0.25, -0.2) is 4.68 Å². The standard InChI is InChI=1S/C2H4N4.H2S/c1-6-2-3-4-5-6;/h2H,1H3;1H2. The second kappa shape index (κ2) is 2.57. The number of nitrogens with zero attached hydrogens (tertiary/aromatic N) is 4. The Kier molecular flexibility index (Phi) is 2.36. The highest BCUT2D eigenvalue weighted by atomic mass is 32.1. The molecule has 0 unspecified atom stereocenters. The smallest absolute Gasteiger partial charge is 0.137 e. The second-order valence-corrected chi connectivity index (χ2v) is 0.983. The van der Waals surface area contributed by atoms with Crippen LogP contribution in [0.25, 0.3) is 0 Å². The minimum absolute atomic E-state index is 0. The second-order valence-electron chi connectivity index (χ2n) is 0.983. The van der Waals surface area contributed by atoms with E-state index < -0.39 is 0 Å². The zero-order valence-electron chi connectivity index (χ0n) is 3.87. The molecule has 0 bridgehead atoms. The molecule has 0 aliphatic rings. The minimum atomic E-state index is 0. The summed E-state index contributed by atoms with van der Waals surface area (Å²) in [6, 6.07) is 0. The monoisotopic (exact) mass is 118 g/mol. The zero-order chi connectivity index (χ0) is 4.41. The normalized spacial score (nSPS) is 7.57. The van der Waals surface area contributed by atoms with Crippen molar-refractivity contribution in [2.45, 2.75) is 0 Å². The van der Waals surface area contributed by atoms with Crippen molar-refractivity contribution in [2.24, 2.45) is 7.05 Å². The molecule has 1 aromatic rings. The van der Waals surface area contributed by atoms with E-state index in [2.05, 4.69) is 15.5 Å². The summed E-state index contributed by atoms with van der Waals surface area (Å²) >= 11 is 0. The molecular formula is C2H6N4S. The third-order valence-electron chi connectivity index (χ3n) is 0.451. The van der Waals surface area contributed by atoms with Crippen LogP contribution in [0.15, 0.2) is 6.33 Å². The molecule has 0 aliphatic carbocycles. The van der Waals surface area contributed by atoms with Crippen molar-refractivity contribution in [2.75, 3.05) is 0 Å². The lowest BCUT2D eigenvalue weighted by Gasteiger charge is -1.71. The fourth-order valence-electron chi connectivity index (χ4n) is 0.207. The number of rotatable bonds is 0. The molecule has 0 saturated carbocycles. The van der Waals surface area contributed by atoms with Crippen molar-refractivity contribution < 1.29 is 0 Å². The van der Waals surface area contributed by atoms with E-state index in [-0.39, 0.29) is 13.5 Å². The molecule has 0 fully saturated rings. The van der Waals surface area contributed by atoms with Crippen molar-refractivity contribution in [1.29, 1.82) is 0 Å². The fraction of sp³-hybridized carbons (Fsp3) is 0.500. The molecule has 7 heavy (non-hydrogen) atoms. The summed E-state index contributed by atoms with van der Waals surface area (Å²) in [6.07, 6.45) is 1.53. The van der Waals surface area contributed by atoms with E-state index >= 15 is 0 Å². The molecule has 1 heterocycles. The SMILES string of the molecule is Cn1cnnn1.S. The van der Waals surface area contributed by atoms with E-state index in [0.29, 0.717) is 0 Å². The highest BCUT2D eigenvalue weighted by Gasteiger charge is 1.72. The maximum Gasteiger partial charge on any atom is 0.137 e. The molecule has 4 nitrogen and oxygen atoms in total. The Morgan fingerprint density at radius 1 is 1.57 bits per heavy atom. The molecule has 5 heteroatoms. The van der Waals surface area contributed by atoms with Crippen LogP contribution in [0, 0.1) is 0 Å². The Bertz CT molecular complexity index is 113. The summed E-state index contributed by atoms with van der Waals surface area (Å²) in [5.74, 6) is 0. The quantitative estimate of drug-likeness (QED) is 0.453. The average molecular weight is 118 g/mol. The van der Waals surface area contributed by atoms with Gasteiger partial charge in [0.1, 0.15) is 6.33 Å². The van der Waals surface area contributed by atoms with Gasteiger partial charge in [-0.2, -0.15) is 13.5 Å². The largest absolute Gasteiger partial charge is 0.236 e. The van der Waals surface area contributed by atoms with E-state index in [4.69, 9.17) is 0 Å². The highest BCUT2D eigenvalue weighted by molar-refractivity contribution is 7.59. The first-order chi connectivity index (χ1) is 2.89. The van der Waals surface area contributed by atoms with E-state index in [9.17, 15) is 0 Å². The lowest BCUT2D eigenvalue weighted by molar-refractivity contribution is 0.710. The van der Waals surface area contributed by atoms with Gasteiger partial charge in [0, 0.05) is 7.05 Å². The summed E-state index contributed by atoms with van der Waals surface area (Å²) < 4.78 is 1.53. The topological polar surface area (TPSA) is 43.6 Å². The van der Waals surface area contributed by atoms with Crippen LogP contribution in [0.2, 0.25) is 0 Å². The van der Waals surface area contributed by atoms with E-state index in [1.165, 1.54) is 11.0 Å². The minimum Gasteiger partial charge on any atom is -0.236 e. The third-order valence-corrected chi connectivity index (χ3v) is 0.451. The van der Waals surface area contributed by atoms with Crippen molar-refractivity contribution in [3.05, 3.63) is 6.33 Å². The first-order valence-corrected chi connectivity index (χ1v) is 1.56. The van der Waals surface area contributed by atoms with Crippen molar-refractivity contribution in [1.82, 2.24) is 20.2 Å². The van der Waals surface area contributed by atoms with Crippen LogP contribution in [0.3, 0.4) is 0 Å². The van der Waals surface area contributed by atoms with Gasteiger partial charge in [0.05, 0.1) is 0 Å². The Morgan fingerprint density at radius 2 is 2.29 bits per heavy atom. The number of hydrogen-bond donors (Lipinski definition) is 0. The third kappa shape index (κ3) is 1.54. The number of aromatic nitrogens is 4. The van der Waals surface area contributed by atoms with Crippen molar-refractivity contribution in [3.8, 4) is 0 Å². The van der Waals surface area contributed by atoms with E-state index in [1.807, 2.05) is 0 Å². The van der Waals surface area contributed by atoms with Gasteiger partial charge in [0.2, 0.25) is 0 Å². The van der Waals surface area contributed by atoms with Gasteiger partial charge in [0.25, 0.3) is 0 Å².